The summed E-state index contributed by atoms with van der Waals surface area (Å²) in [5.74, 6) is -2.14. The summed E-state index contributed by atoms with van der Waals surface area (Å²) in [7, 11) is 1.55. The van der Waals surface area contributed by atoms with Gasteiger partial charge in [0.25, 0.3) is 0 Å². The standard InChI is InChI=1S/C22H16ClF2NO2/c1-26(21(27)13-23)20-5-3-2-4-18(20)22(28)15-8-6-14(7-9-15)17-11-10-16(24)12-19(17)25/h2-12H,13H2,1H3. The lowest BCUT2D eigenvalue weighted by atomic mass is 9.98. The molecule has 0 aliphatic carbocycles. The fourth-order valence-corrected chi connectivity index (χ4v) is 3.04. The van der Waals surface area contributed by atoms with Gasteiger partial charge < -0.3 is 4.90 Å². The van der Waals surface area contributed by atoms with Crippen LogP contribution in [0.3, 0.4) is 0 Å². The van der Waals surface area contributed by atoms with E-state index in [-0.39, 0.29) is 23.1 Å². The van der Waals surface area contributed by atoms with Gasteiger partial charge in [0.2, 0.25) is 5.91 Å². The molecule has 0 spiro atoms. The van der Waals surface area contributed by atoms with Gasteiger partial charge in [0, 0.05) is 29.8 Å². The average Bonchev–Trinajstić information content (AvgIpc) is 2.72. The molecule has 3 aromatic rings. The van der Waals surface area contributed by atoms with Gasteiger partial charge in [0.1, 0.15) is 17.5 Å². The van der Waals surface area contributed by atoms with E-state index in [1.54, 1.807) is 55.6 Å². The molecule has 3 rings (SSSR count). The maximum absolute atomic E-state index is 14.0. The number of alkyl halides is 1. The molecule has 0 unspecified atom stereocenters. The first kappa shape index (κ1) is 19.7. The van der Waals surface area contributed by atoms with Gasteiger partial charge in [-0.05, 0) is 29.8 Å². The Bertz CT molecular complexity index is 1030. The van der Waals surface area contributed by atoms with Crippen LogP contribution >= 0.6 is 11.6 Å². The summed E-state index contributed by atoms with van der Waals surface area (Å²) in [5, 5.41) is 0. The van der Waals surface area contributed by atoms with Gasteiger partial charge in [-0.25, -0.2) is 8.78 Å². The number of amides is 1. The number of nitrogens with zero attached hydrogens (tertiary/aromatic N) is 1. The molecule has 142 valence electrons. The van der Waals surface area contributed by atoms with Gasteiger partial charge >= 0.3 is 0 Å². The summed E-state index contributed by atoms with van der Waals surface area (Å²) in [6, 6.07) is 16.4. The molecule has 6 heteroatoms. The maximum Gasteiger partial charge on any atom is 0.241 e. The molecular formula is C22H16ClF2NO2. The summed E-state index contributed by atoms with van der Waals surface area (Å²) in [5.41, 5.74) is 1.95. The van der Waals surface area contributed by atoms with Crippen LogP contribution in [-0.2, 0) is 4.79 Å². The zero-order valence-electron chi connectivity index (χ0n) is 15.0. The number of carbonyl (C=O) groups excluding carboxylic acids is 2. The second-order valence-electron chi connectivity index (χ2n) is 6.13. The van der Waals surface area contributed by atoms with Crippen LogP contribution < -0.4 is 4.90 Å². The Kier molecular flexibility index (Phi) is 5.85. The number of para-hydroxylation sites is 1. The number of benzene rings is 3. The average molecular weight is 400 g/mol. The maximum atomic E-state index is 14.0. The number of carbonyl (C=O) groups is 2. The SMILES string of the molecule is CN(C(=O)CCl)c1ccccc1C(=O)c1ccc(-c2ccc(F)cc2F)cc1. The molecule has 0 N–H and O–H groups in total. The lowest BCUT2D eigenvalue weighted by Gasteiger charge is -2.19. The summed E-state index contributed by atoms with van der Waals surface area (Å²) < 4.78 is 27.0. The van der Waals surface area contributed by atoms with E-state index in [2.05, 4.69) is 0 Å². The van der Waals surface area contributed by atoms with Crippen molar-refractivity contribution >= 4 is 29.0 Å². The first-order chi connectivity index (χ1) is 13.4. The molecule has 1 amide bonds. The topological polar surface area (TPSA) is 37.4 Å². The lowest BCUT2D eigenvalue weighted by Crippen LogP contribution is -2.28. The highest BCUT2D eigenvalue weighted by atomic mass is 35.5. The highest BCUT2D eigenvalue weighted by Gasteiger charge is 2.19. The van der Waals surface area contributed by atoms with Crippen LogP contribution in [0.5, 0.6) is 0 Å². The zero-order chi connectivity index (χ0) is 20.3. The fourth-order valence-electron chi connectivity index (χ4n) is 2.86. The van der Waals surface area contributed by atoms with E-state index in [4.69, 9.17) is 11.6 Å². The van der Waals surface area contributed by atoms with Crippen molar-refractivity contribution in [1.82, 2.24) is 0 Å². The summed E-state index contributed by atoms with van der Waals surface area (Å²) >= 11 is 5.61. The Hall–Kier alpha value is -3.05. The monoisotopic (exact) mass is 399 g/mol. The molecule has 0 bridgehead atoms. The molecule has 3 aromatic carbocycles. The van der Waals surface area contributed by atoms with Gasteiger partial charge in [0.05, 0.1) is 5.69 Å². The Balaban J connectivity index is 1.93. The third-order valence-corrected chi connectivity index (χ3v) is 4.62. The van der Waals surface area contributed by atoms with Crippen LogP contribution in [0.2, 0.25) is 0 Å². The molecule has 0 radical (unpaired) electrons. The van der Waals surface area contributed by atoms with Crippen molar-refractivity contribution in [3.63, 3.8) is 0 Å². The Morgan fingerprint density at radius 2 is 1.64 bits per heavy atom. The van der Waals surface area contributed by atoms with Crippen molar-refractivity contribution in [2.24, 2.45) is 0 Å². The van der Waals surface area contributed by atoms with Gasteiger partial charge in [-0.3, -0.25) is 9.59 Å². The van der Waals surface area contributed by atoms with Gasteiger partial charge in [-0.1, -0.05) is 36.4 Å². The number of hydrogen-bond acceptors (Lipinski definition) is 2. The van der Waals surface area contributed by atoms with Crippen LogP contribution in [0.4, 0.5) is 14.5 Å². The van der Waals surface area contributed by atoms with E-state index in [9.17, 15) is 18.4 Å². The summed E-state index contributed by atoms with van der Waals surface area (Å²) in [4.78, 5) is 26.2. The van der Waals surface area contributed by atoms with Crippen molar-refractivity contribution in [2.75, 3.05) is 17.8 Å². The lowest BCUT2D eigenvalue weighted by molar-refractivity contribution is -0.116. The highest BCUT2D eigenvalue weighted by Crippen LogP contribution is 2.26. The van der Waals surface area contributed by atoms with E-state index < -0.39 is 11.6 Å². The third-order valence-electron chi connectivity index (χ3n) is 4.39. The largest absolute Gasteiger partial charge is 0.314 e. The zero-order valence-corrected chi connectivity index (χ0v) is 15.7. The van der Waals surface area contributed by atoms with Crippen molar-refractivity contribution in [1.29, 1.82) is 0 Å². The van der Waals surface area contributed by atoms with Crippen molar-refractivity contribution < 1.29 is 18.4 Å². The third kappa shape index (κ3) is 3.94. The minimum absolute atomic E-state index is 0.197. The number of halogens is 3. The molecule has 0 fully saturated rings. The number of anilines is 1. The first-order valence-electron chi connectivity index (χ1n) is 8.44. The fraction of sp³-hybridized carbons (Fsp3) is 0.0909. The van der Waals surface area contributed by atoms with Crippen molar-refractivity contribution in [3.05, 3.63) is 89.5 Å². The smallest absolute Gasteiger partial charge is 0.241 e. The molecule has 0 atom stereocenters. The predicted molar refractivity (Wildman–Crippen MR) is 106 cm³/mol. The molecule has 3 nitrogen and oxygen atoms in total. The van der Waals surface area contributed by atoms with E-state index in [1.807, 2.05) is 0 Å². The quantitative estimate of drug-likeness (QED) is 0.444. The van der Waals surface area contributed by atoms with E-state index in [0.717, 1.165) is 6.07 Å². The van der Waals surface area contributed by atoms with Crippen molar-refractivity contribution in [2.45, 2.75) is 0 Å². The van der Waals surface area contributed by atoms with Crippen LogP contribution in [0.25, 0.3) is 11.1 Å². The van der Waals surface area contributed by atoms with Crippen molar-refractivity contribution in [3.8, 4) is 11.1 Å². The van der Waals surface area contributed by atoms with Crippen LogP contribution in [0.1, 0.15) is 15.9 Å². The van der Waals surface area contributed by atoms with Crippen LogP contribution in [0.15, 0.2) is 66.7 Å². The van der Waals surface area contributed by atoms with E-state index >= 15 is 0 Å². The van der Waals surface area contributed by atoms with E-state index in [0.29, 0.717) is 22.4 Å². The summed E-state index contributed by atoms with van der Waals surface area (Å²) in [6.45, 7) is 0. The molecule has 28 heavy (non-hydrogen) atoms. The Labute approximate surface area is 166 Å². The second kappa shape index (κ2) is 8.31. The van der Waals surface area contributed by atoms with Crippen LogP contribution in [0, 0.1) is 11.6 Å². The highest BCUT2D eigenvalue weighted by molar-refractivity contribution is 6.29. The molecule has 0 heterocycles. The van der Waals surface area contributed by atoms with E-state index in [1.165, 1.54) is 17.0 Å². The first-order valence-corrected chi connectivity index (χ1v) is 8.97. The molecule has 0 saturated heterocycles. The molecule has 0 saturated carbocycles. The number of hydrogen-bond donors (Lipinski definition) is 0. The molecule has 0 aliphatic heterocycles. The minimum Gasteiger partial charge on any atom is -0.314 e. The van der Waals surface area contributed by atoms with Gasteiger partial charge in [-0.15, -0.1) is 11.6 Å². The minimum atomic E-state index is -0.675. The predicted octanol–water partition coefficient (Wildman–Crippen LogP) is 5.06. The van der Waals surface area contributed by atoms with Gasteiger partial charge in [0.15, 0.2) is 5.78 Å². The summed E-state index contributed by atoms with van der Waals surface area (Å²) in [6.07, 6.45) is 0. The van der Waals surface area contributed by atoms with Crippen LogP contribution in [-0.4, -0.2) is 24.6 Å². The molecule has 0 aliphatic rings. The second-order valence-corrected chi connectivity index (χ2v) is 6.40. The Morgan fingerprint density at radius 3 is 2.29 bits per heavy atom. The number of rotatable bonds is 5. The van der Waals surface area contributed by atoms with Gasteiger partial charge in [-0.2, -0.15) is 0 Å². The molecule has 0 aromatic heterocycles. The normalized spacial score (nSPS) is 10.6. The molecular weight excluding hydrogens is 384 g/mol. The number of ketones is 1. The Morgan fingerprint density at radius 1 is 0.964 bits per heavy atom.